The Bertz CT molecular complexity index is 253. The van der Waals surface area contributed by atoms with E-state index in [2.05, 4.69) is 0 Å². The Labute approximate surface area is 98.6 Å². The molecule has 0 aliphatic heterocycles. The van der Waals surface area contributed by atoms with Crippen molar-refractivity contribution in [2.75, 3.05) is 0 Å². The van der Waals surface area contributed by atoms with Crippen molar-refractivity contribution in [3.63, 3.8) is 0 Å². The summed E-state index contributed by atoms with van der Waals surface area (Å²) in [5.41, 5.74) is -0.751. The minimum Gasteiger partial charge on any atom is -0.460 e. The molecular formula is C13H24O3. The van der Waals surface area contributed by atoms with Gasteiger partial charge in [0.2, 0.25) is 0 Å². The van der Waals surface area contributed by atoms with E-state index in [-0.39, 0.29) is 17.2 Å². The zero-order chi connectivity index (χ0) is 13.0. The molecule has 0 unspecified atom stereocenters. The van der Waals surface area contributed by atoms with Gasteiger partial charge in [0.05, 0.1) is 0 Å². The lowest BCUT2D eigenvalue weighted by molar-refractivity contribution is -0.154. The third-order valence-corrected chi connectivity index (χ3v) is 2.04. The van der Waals surface area contributed by atoms with Crippen LogP contribution >= 0.6 is 0 Å². The standard InChI is InChI=1S/C13H24O3/c1-12(2,3)10(14)8-7-9-11(15)16-13(4,5)6/h7-9H2,1-6H3. The van der Waals surface area contributed by atoms with Gasteiger partial charge in [0.25, 0.3) is 0 Å². The second-order valence-corrected chi connectivity index (χ2v) is 6.11. The molecule has 0 aromatic carbocycles. The second-order valence-electron chi connectivity index (χ2n) is 6.11. The maximum absolute atomic E-state index is 11.6. The van der Waals surface area contributed by atoms with Crippen LogP contribution in [0.3, 0.4) is 0 Å². The molecule has 0 radical (unpaired) electrons. The van der Waals surface area contributed by atoms with Gasteiger partial charge >= 0.3 is 5.97 Å². The van der Waals surface area contributed by atoms with E-state index in [4.69, 9.17) is 4.74 Å². The summed E-state index contributed by atoms with van der Waals surface area (Å²) in [6.45, 7) is 11.2. The normalized spacial score (nSPS) is 12.4. The summed E-state index contributed by atoms with van der Waals surface area (Å²) in [7, 11) is 0. The summed E-state index contributed by atoms with van der Waals surface area (Å²) in [5.74, 6) is -0.0368. The molecule has 0 aromatic heterocycles. The highest BCUT2D eigenvalue weighted by Gasteiger charge is 2.21. The van der Waals surface area contributed by atoms with E-state index in [1.807, 2.05) is 41.5 Å². The molecule has 16 heavy (non-hydrogen) atoms. The van der Waals surface area contributed by atoms with Crippen LogP contribution in [-0.4, -0.2) is 17.4 Å². The van der Waals surface area contributed by atoms with Crippen LogP contribution in [0.5, 0.6) is 0 Å². The molecule has 0 atom stereocenters. The molecule has 0 spiro atoms. The largest absolute Gasteiger partial charge is 0.460 e. The highest BCUT2D eigenvalue weighted by molar-refractivity contribution is 5.84. The minimum atomic E-state index is -0.439. The minimum absolute atomic E-state index is 0.191. The molecular weight excluding hydrogens is 204 g/mol. The number of Topliss-reactive ketones (excluding diaryl/α,β-unsaturated/α-hetero) is 1. The summed E-state index contributed by atoms with van der Waals surface area (Å²) >= 11 is 0. The maximum Gasteiger partial charge on any atom is 0.306 e. The summed E-state index contributed by atoms with van der Waals surface area (Å²) in [4.78, 5) is 22.9. The van der Waals surface area contributed by atoms with Crippen LogP contribution in [0.1, 0.15) is 60.8 Å². The van der Waals surface area contributed by atoms with Crippen molar-refractivity contribution in [2.45, 2.75) is 66.4 Å². The van der Waals surface area contributed by atoms with Gasteiger partial charge in [0.15, 0.2) is 0 Å². The van der Waals surface area contributed by atoms with Crippen molar-refractivity contribution in [1.82, 2.24) is 0 Å². The smallest absolute Gasteiger partial charge is 0.306 e. The van der Waals surface area contributed by atoms with Gasteiger partial charge in [-0.05, 0) is 27.2 Å². The third kappa shape index (κ3) is 7.43. The van der Waals surface area contributed by atoms with Crippen LogP contribution in [-0.2, 0) is 14.3 Å². The zero-order valence-corrected chi connectivity index (χ0v) is 11.3. The van der Waals surface area contributed by atoms with Gasteiger partial charge in [0.1, 0.15) is 11.4 Å². The molecule has 0 aromatic rings. The Morgan fingerprint density at radius 1 is 0.938 bits per heavy atom. The Morgan fingerprint density at radius 3 is 1.81 bits per heavy atom. The molecule has 0 N–H and O–H groups in total. The van der Waals surface area contributed by atoms with Gasteiger partial charge in [-0.2, -0.15) is 0 Å². The highest BCUT2D eigenvalue weighted by atomic mass is 16.6. The molecule has 0 saturated carbocycles. The fourth-order valence-electron chi connectivity index (χ4n) is 1.16. The first-order valence-corrected chi connectivity index (χ1v) is 5.77. The molecule has 3 heteroatoms. The van der Waals surface area contributed by atoms with Gasteiger partial charge in [-0.25, -0.2) is 0 Å². The Morgan fingerprint density at radius 2 is 1.44 bits per heavy atom. The van der Waals surface area contributed by atoms with E-state index >= 15 is 0 Å². The summed E-state index contributed by atoms with van der Waals surface area (Å²) in [6, 6.07) is 0. The average molecular weight is 228 g/mol. The first-order valence-electron chi connectivity index (χ1n) is 5.77. The number of hydrogen-bond acceptors (Lipinski definition) is 3. The number of hydrogen-bond donors (Lipinski definition) is 0. The van der Waals surface area contributed by atoms with Crippen molar-refractivity contribution < 1.29 is 14.3 Å². The molecule has 0 aliphatic carbocycles. The monoisotopic (exact) mass is 228 g/mol. The predicted octanol–water partition coefficient (Wildman–Crippen LogP) is 3.11. The van der Waals surface area contributed by atoms with Crippen molar-refractivity contribution in [3.8, 4) is 0 Å². The third-order valence-electron chi connectivity index (χ3n) is 2.04. The van der Waals surface area contributed by atoms with Crippen molar-refractivity contribution in [2.24, 2.45) is 5.41 Å². The van der Waals surface area contributed by atoms with Crippen molar-refractivity contribution in [1.29, 1.82) is 0 Å². The fourth-order valence-corrected chi connectivity index (χ4v) is 1.16. The fraction of sp³-hybridized carbons (Fsp3) is 0.846. The van der Waals surface area contributed by atoms with Crippen LogP contribution in [0.25, 0.3) is 0 Å². The van der Waals surface area contributed by atoms with E-state index < -0.39 is 5.60 Å². The van der Waals surface area contributed by atoms with E-state index in [0.717, 1.165) is 0 Å². The maximum atomic E-state index is 11.6. The topological polar surface area (TPSA) is 43.4 Å². The van der Waals surface area contributed by atoms with Crippen LogP contribution < -0.4 is 0 Å². The SMILES string of the molecule is CC(C)(C)OC(=O)CCCC(=O)C(C)(C)C. The average Bonchev–Trinajstić information content (AvgIpc) is 1.98. The second kappa shape index (κ2) is 5.46. The van der Waals surface area contributed by atoms with Gasteiger partial charge in [-0.3, -0.25) is 9.59 Å². The van der Waals surface area contributed by atoms with E-state index in [9.17, 15) is 9.59 Å². The van der Waals surface area contributed by atoms with E-state index in [1.54, 1.807) is 0 Å². The van der Waals surface area contributed by atoms with Crippen LogP contribution in [0.2, 0.25) is 0 Å². The summed E-state index contributed by atoms with van der Waals surface area (Å²) in [6.07, 6.45) is 1.34. The Kier molecular flexibility index (Phi) is 5.17. The number of esters is 1. The summed E-state index contributed by atoms with van der Waals surface area (Å²) < 4.78 is 5.15. The lowest BCUT2D eigenvalue weighted by atomic mass is 9.88. The molecule has 0 bridgehead atoms. The van der Waals surface area contributed by atoms with Gasteiger partial charge in [-0.1, -0.05) is 20.8 Å². The molecule has 0 rings (SSSR count). The first kappa shape index (κ1) is 15.1. The number of ketones is 1. The molecule has 0 fully saturated rings. The number of carbonyl (C=O) groups excluding carboxylic acids is 2. The van der Waals surface area contributed by atoms with Crippen molar-refractivity contribution >= 4 is 11.8 Å². The number of rotatable bonds is 4. The lowest BCUT2D eigenvalue weighted by Crippen LogP contribution is -2.24. The Hall–Kier alpha value is -0.860. The quantitative estimate of drug-likeness (QED) is 0.694. The summed E-state index contributed by atoms with van der Waals surface area (Å²) in [5, 5.41) is 0. The molecule has 0 saturated heterocycles. The van der Waals surface area contributed by atoms with Crippen molar-refractivity contribution in [3.05, 3.63) is 0 Å². The van der Waals surface area contributed by atoms with E-state index in [1.165, 1.54) is 0 Å². The molecule has 0 amide bonds. The molecule has 3 nitrogen and oxygen atoms in total. The van der Waals surface area contributed by atoms with Gasteiger partial charge < -0.3 is 4.74 Å². The predicted molar refractivity (Wildman–Crippen MR) is 64.2 cm³/mol. The van der Waals surface area contributed by atoms with Crippen LogP contribution in [0.4, 0.5) is 0 Å². The van der Waals surface area contributed by atoms with Crippen LogP contribution in [0, 0.1) is 5.41 Å². The first-order chi connectivity index (χ1) is 7.02. The zero-order valence-electron chi connectivity index (χ0n) is 11.3. The molecule has 94 valence electrons. The Balaban J connectivity index is 3.84. The number of carbonyl (C=O) groups is 2. The van der Waals surface area contributed by atoms with Gasteiger partial charge in [-0.15, -0.1) is 0 Å². The lowest BCUT2D eigenvalue weighted by Gasteiger charge is -2.20. The highest BCUT2D eigenvalue weighted by Crippen LogP contribution is 2.18. The number of ether oxygens (including phenoxy) is 1. The molecule has 0 heterocycles. The van der Waals surface area contributed by atoms with Gasteiger partial charge in [0, 0.05) is 18.3 Å². The molecule has 0 aliphatic rings. The van der Waals surface area contributed by atoms with Crippen LogP contribution in [0.15, 0.2) is 0 Å². The van der Waals surface area contributed by atoms with E-state index in [0.29, 0.717) is 19.3 Å².